The van der Waals surface area contributed by atoms with E-state index in [4.69, 9.17) is 16.3 Å². The topological polar surface area (TPSA) is 58.6 Å². The molecule has 142 valence electrons. The number of nitrogens with zero attached hydrogens (tertiary/aromatic N) is 1. The number of benzene rings is 2. The molecule has 0 aromatic heterocycles. The van der Waals surface area contributed by atoms with Gasteiger partial charge in [0.1, 0.15) is 24.0 Å². The quantitative estimate of drug-likeness (QED) is 0.687. The van der Waals surface area contributed by atoms with Crippen molar-refractivity contribution >= 4 is 21.6 Å². The summed E-state index contributed by atoms with van der Waals surface area (Å²) in [4.78, 5) is 0.0329. The predicted molar refractivity (Wildman–Crippen MR) is 95.9 cm³/mol. The van der Waals surface area contributed by atoms with E-state index >= 15 is 0 Å². The molecule has 1 N–H and O–H groups in total. The average Bonchev–Trinajstić information content (AvgIpc) is 2.57. The highest BCUT2D eigenvalue weighted by Gasteiger charge is 2.21. The van der Waals surface area contributed by atoms with Crippen molar-refractivity contribution in [3.05, 3.63) is 58.6 Å². The summed E-state index contributed by atoms with van der Waals surface area (Å²) in [5.41, 5.74) is 0.308. The van der Waals surface area contributed by atoms with Gasteiger partial charge in [0, 0.05) is 33.3 Å². The second-order valence-corrected chi connectivity index (χ2v) is 8.17. The fourth-order valence-corrected chi connectivity index (χ4v) is 3.45. The van der Waals surface area contributed by atoms with Crippen LogP contribution in [0.15, 0.2) is 41.3 Å². The minimum absolute atomic E-state index is 0.0329. The number of ether oxygens (including phenoxy) is 1. The van der Waals surface area contributed by atoms with Crippen LogP contribution in [0.2, 0.25) is 5.02 Å². The molecule has 0 aliphatic rings. The number of nitrogens with one attached hydrogen (secondary N) is 1. The molecule has 5 nitrogen and oxygen atoms in total. The van der Waals surface area contributed by atoms with Crippen LogP contribution >= 0.6 is 11.6 Å². The van der Waals surface area contributed by atoms with E-state index in [1.165, 1.54) is 44.4 Å². The van der Waals surface area contributed by atoms with Crippen LogP contribution in [0.4, 0.5) is 8.78 Å². The molecule has 0 amide bonds. The maximum absolute atomic E-state index is 13.5. The largest absolute Gasteiger partial charge is 0.491 e. The highest BCUT2D eigenvalue weighted by molar-refractivity contribution is 7.89. The van der Waals surface area contributed by atoms with Crippen LogP contribution in [-0.4, -0.2) is 40.0 Å². The Labute approximate surface area is 156 Å². The molecule has 0 bridgehead atoms. The maximum atomic E-state index is 13.5. The van der Waals surface area contributed by atoms with Crippen molar-refractivity contribution in [1.29, 1.82) is 0 Å². The number of rotatable bonds is 8. The predicted octanol–water partition coefficient (Wildman–Crippen LogP) is 3.04. The molecule has 0 spiro atoms. The Balaban J connectivity index is 1.97. The molecule has 0 saturated carbocycles. The fourth-order valence-electron chi connectivity index (χ4n) is 2.18. The molecule has 0 heterocycles. The van der Waals surface area contributed by atoms with E-state index in [0.29, 0.717) is 12.1 Å². The van der Waals surface area contributed by atoms with Crippen LogP contribution in [0.1, 0.15) is 5.56 Å². The molecule has 0 unspecified atom stereocenters. The van der Waals surface area contributed by atoms with Crippen molar-refractivity contribution in [3.63, 3.8) is 0 Å². The summed E-state index contributed by atoms with van der Waals surface area (Å²) in [6, 6.07) is 7.32. The lowest BCUT2D eigenvalue weighted by atomic mass is 10.2. The van der Waals surface area contributed by atoms with Gasteiger partial charge in [-0.25, -0.2) is 21.5 Å². The first-order valence-electron chi connectivity index (χ1n) is 7.71. The van der Waals surface area contributed by atoms with Crippen LogP contribution < -0.4 is 10.1 Å². The summed E-state index contributed by atoms with van der Waals surface area (Å²) < 4.78 is 57.7. The van der Waals surface area contributed by atoms with Crippen molar-refractivity contribution in [2.75, 3.05) is 27.2 Å². The summed E-state index contributed by atoms with van der Waals surface area (Å²) in [5.74, 6) is -0.770. The average molecular weight is 405 g/mol. The van der Waals surface area contributed by atoms with Crippen molar-refractivity contribution in [3.8, 4) is 5.75 Å². The molecule has 9 heteroatoms. The monoisotopic (exact) mass is 404 g/mol. The van der Waals surface area contributed by atoms with Crippen LogP contribution in [0.3, 0.4) is 0 Å². The zero-order valence-corrected chi connectivity index (χ0v) is 15.9. The summed E-state index contributed by atoms with van der Waals surface area (Å²) in [6.07, 6.45) is 0. The number of halogens is 3. The second-order valence-electron chi connectivity index (χ2n) is 5.64. The zero-order valence-electron chi connectivity index (χ0n) is 14.3. The van der Waals surface area contributed by atoms with Gasteiger partial charge in [0.25, 0.3) is 0 Å². The SMILES string of the molecule is CN(C)S(=O)(=O)c1ccc(F)cc1CNCCOc1cc(F)ccc1Cl. The minimum atomic E-state index is -3.68. The van der Waals surface area contributed by atoms with E-state index in [0.717, 1.165) is 10.4 Å². The zero-order chi connectivity index (χ0) is 19.3. The van der Waals surface area contributed by atoms with Crippen LogP contribution in [-0.2, 0) is 16.6 Å². The van der Waals surface area contributed by atoms with E-state index in [1.807, 2.05) is 0 Å². The van der Waals surface area contributed by atoms with Crippen LogP contribution in [0, 0.1) is 11.6 Å². The van der Waals surface area contributed by atoms with Crippen molar-refractivity contribution in [2.45, 2.75) is 11.4 Å². The fraction of sp³-hybridized carbons (Fsp3) is 0.294. The standard InChI is InChI=1S/C17H19ClF2N2O3S/c1-22(2)26(23,24)17-6-4-13(19)9-12(17)11-21-7-8-25-16-10-14(20)3-5-15(16)18/h3-6,9-10,21H,7-8,11H2,1-2H3. The van der Waals surface area contributed by atoms with Gasteiger partial charge in [0.05, 0.1) is 9.92 Å². The molecule has 0 aliphatic carbocycles. The summed E-state index contributed by atoms with van der Waals surface area (Å²) in [6.45, 7) is 0.624. The van der Waals surface area contributed by atoms with Gasteiger partial charge in [-0.15, -0.1) is 0 Å². The summed E-state index contributed by atoms with van der Waals surface area (Å²) in [5, 5.41) is 3.26. The third-order valence-electron chi connectivity index (χ3n) is 3.53. The maximum Gasteiger partial charge on any atom is 0.242 e. The number of hydrogen-bond donors (Lipinski definition) is 1. The Hall–Kier alpha value is -1.74. The summed E-state index contributed by atoms with van der Waals surface area (Å²) >= 11 is 5.90. The smallest absolute Gasteiger partial charge is 0.242 e. The third-order valence-corrected chi connectivity index (χ3v) is 5.75. The normalized spacial score (nSPS) is 11.8. The first kappa shape index (κ1) is 20.6. The lowest BCUT2D eigenvalue weighted by molar-refractivity contribution is 0.312. The van der Waals surface area contributed by atoms with Gasteiger partial charge in [-0.1, -0.05) is 11.6 Å². The van der Waals surface area contributed by atoms with E-state index in [9.17, 15) is 17.2 Å². The van der Waals surface area contributed by atoms with Gasteiger partial charge in [0.15, 0.2) is 0 Å². The molecule has 0 aliphatic heterocycles. The molecule has 2 rings (SSSR count). The Morgan fingerprint density at radius 3 is 2.46 bits per heavy atom. The van der Waals surface area contributed by atoms with Gasteiger partial charge in [-0.3, -0.25) is 0 Å². The van der Waals surface area contributed by atoms with Gasteiger partial charge in [-0.05, 0) is 35.9 Å². The molecule has 2 aromatic carbocycles. The molecule has 0 fully saturated rings. The molecule has 26 heavy (non-hydrogen) atoms. The first-order chi connectivity index (χ1) is 12.2. The Kier molecular flexibility index (Phi) is 6.94. The lowest BCUT2D eigenvalue weighted by Gasteiger charge is -2.16. The van der Waals surface area contributed by atoms with Gasteiger partial charge in [-0.2, -0.15) is 0 Å². The molecule has 0 saturated heterocycles. The lowest BCUT2D eigenvalue weighted by Crippen LogP contribution is -2.26. The molecule has 2 aromatic rings. The van der Waals surface area contributed by atoms with E-state index in [2.05, 4.69) is 5.32 Å². The number of sulfonamides is 1. The Morgan fingerprint density at radius 1 is 1.12 bits per heavy atom. The Morgan fingerprint density at radius 2 is 1.77 bits per heavy atom. The molecular weight excluding hydrogens is 386 g/mol. The van der Waals surface area contributed by atoms with Crippen LogP contribution in [0.25, 0.3) is 0 Å². The highest BCUT2D eigenvalue weighted by atomic mass is 35.5. The first-order valence-corrected chi connectivity index (χ1v) is 9.53. The third kappa shape index (κ3) is 5.14. The van der Waals surface area contributed by atoms with Crippen LogP contribution in [0.5, 0.6) is 5.75 Å². The number of hydrogen-bond acceptors (Lipinski definition) is 4. The molecule has 0 radical (unpaired) electrons. The van der Waals surface area contributed by atoms with Gasteiger partial charge in [0.2, 0.25) is 10.0 Å². The van der Waals surface area contributed by atoms with E-state index < -0.39 is 21.7 Å². The van der Waals surface area contributed by atoms with Crippen molar-refractivity contribution in [2.24, 2.45) is 0 Å². The van der Waals surface area contributed by atoms with E-state index in [-0.39, 0.29) is 28.8 Å². The second kappa shape index (κ2) is 8.77. The summed E-state index contributed by atoms with van der Waals surface area (Å²) in [7, 11) is -0.866. The van der Waals surface area contributed by atoms with Crippen molar-refractivity contribution < 1.29 is 21.9 Å². The highest BCUT2D eigenvalue weighted by Crippen LogP contribution is 2.24. The minimum Gasteiger partial charge on any atom is -0.491 e. The van der Waals surface area contributed by atoms with E-state index in [1.54, 1.807) is 0 Å². The van der Waals surface area contributed by atoms with Gasteiger partial charge >= 0.3 is 0 Å². The Bertz CT molecular complexity index is 876. The van der Waals surface area contributed by atoms with Crippen molar-refractivity contribution in [1.82, 2.24) is 9.62 Å². The van der Waals surface area contributed by atoms with Gasteiger partial charge < -0.3 is 10.1 Å². The molecule has 0 atom stereocenters. The molecular formula is C17H19ClF2N2O3S.